The van der Waals surface area contributed by atoms with Gasteiger partial charge in [-0.3, -0.25) is 4.79 Å². The van der Waals surface area contributed by atoms with E-state index in [4.69, 9.17) is 5.11 Å². The Hall–Kier alpha value is -0.830. The van der Waals surface area contributed by atoms with E-state index in [1.54, 1.807) is 0 Å². The van der Waals surface area contributed by atoms with Gasteiger partial charge in [-0.2, -0.15) is 0 Å². The van der Waals surface area contributed by atoms with E-state index in [1.807, 2.05) is 26.0 Å². The molecule has 0 saturated heterocycles. The molecule has 3 heteroatoms. The molecule has 0 saturated carbocycles. The third kappa shape index (κ3) is 2.35. The zero-order valence-corrected chi connectivity index (χ0v) is 9.89. The summed E-state index contributed by atoms with van der Waals surface area (Å²) in [6.07, 6.45) is 0.106. The Bertz CT molecular complexity index is 359. The van der Waals surface area contributed by atoms with Crippen LogP contribution < -0.4 is 0 Å². The largest absolute Gasteiger partial charge is 0.481 e. The van der Waals surface area contributed by atoms with Gasteiger partial charge in [0.25, 0.3) is 0 Å². The van der Waals surface area contributed by atoms with Crippen molar-refractivity contribution < 1.29 is 9.90 Å². The van der Waals surface area contributed by atoms with Crippen molar-refractivity contribution in [2.75, 3.05) is 0 Å². The first kappa shape index (κ1) is 11.2. The highest BCUT2D eigenvalue weighted by molar-refractivity contribution is 9.08. The van der Waals surface area contributed by atoms with Crippen LogP contribution in [0.1, 0.15) is 22.3 Å². The molecule has 14 heavy (non-hydrogen) atoms. The second-order valence-electron chi connectivity index (χ2n) is 3.35. The van der Waals surface area contributed by atoms with Crippen molar-refractivity contribution in [1.29, 1.82) is 0 Å². The maximum Gasteiger partial charge on any atom is 0.307 e. The van der Waals surface area contributed by atoms with Crippen LogP contribution in [0.25, 0.3) is 0 Å². The summed E-state index contributed by atoms with van der Waals surface area (Å²) in [7, 11) is 0. The second kappa shape index (κ2) is 4.60. The van der Waals surface area contributed by atoms with Crippen molar-refractivity contribution >= 4 is 21.9 Å². The van der Waals surface area contributed by atoms with Gasteiger partial charge in [0.05, 0.1) is 6.42 Å². The van der Waals surface area contributed by atoms with Gasteiger partial charge >= 0.3 is 5.97 Å². The number of aliphatic carboxylic acids is 1. The predicted octanol–water partition coefficient (Wildman–Crippen LogP) is 2.83. The number of hydrogen-bond donors (Lipinski definition) is 1. The van der Waals surface area contributed by atoms with Crippen molar-refractivity contribution in [2.45, 2.75) is 25.6 Å². The monoisotopic (exact) mass is 256 g/mol. The number of alkyl halides is 1. The van der Waals surface area contributed by atoms with Gasteiger partial charge in [-0.15, -0.1) is 0 Å². The number of hydrogen-bond acceptors (Lipinski definition) is 1. The summed E-state index contributed by atoms with van der Waals surface area (Å²) < 4.78 is 0. The standard InChI is InChI=1S/C11H13BrO2/c1-7-3-4-9(6-12)10(8(7)2)5-11(13)14/h3-4H,5-6H2,1-2H3,(H,13,14). The molecular weight excluding hydrogens is 244 g/mol. The number of halogens is 1. The van der Waals surface area contributed by atoms with Gasteiger partial charge in [-0.1, -0.05) is 28.1 Å². The van der Waals surface area contributed by atoms with E-state index in [0.717, 1.165) is 22.3 Å². The molecule has 1 aromatic carbocycles. The molecule has 0 amide bonds. The summed E-state index contributed by atoms with van der Waals surface area (Å²) >= 11 is 3.36. The Morgan fingerprint density at radius 1 is 1.43 bits per heavy atom. The van der Waals surface area contributed by atoms with Crippen LogP contribution >= 0.6 is 15.9 Å². The number of carbonyl (C=O) groups is 1. The molecule has 0 heterocycles. The minimum atomic E-state index is -0.777. The van der Waals surface area contributed by atoms with E-state index >= 15 is 0 Å². The highest BCUT2D eigenvalue weighted by atomic mass is 79.9. The molecule has 0 unspecified atom stereocenters. The highest BCUT2D eigenvalue weighted by Crippen LogP contribution is 2.20. The first-order valence-electron chi connectivity index (χ1n) is 4.42. The summed E-state index contributed by atoms with van der Waals surface area (Å²) in [5, 5.41) is 9.49. The fourth-order valence-electron chi connectivity index (χ4n) is 1.45. The Kier molecular flexibility index (Phi) is 3.69. The lowest BCUT2D eigenvalue weighted by molar-refractivity contribution is -0.136. The normalized spacial score (nSPS) is 10.2. The lowest BCUT2D eigenvalue weighted by Gasteiger charge is -2.11. The predicted molar refractivity (Wildman–Crippen MR) is 59.9 cm³/mol. The molecule has 0 spiro atoms. The van der Waals surface area contributed by atoms with E-state index in [9.17, 15) is 4.79 Å². The molecule has 1 aromatic rings. The zero-order valence-electron chi connectivity index (χ0n) is 8.30. The Labute approximate surface area is 92.1 Å². The number of benzene rings is 1. The Morgan fingerprint density at radius 3 is 2.57 bits per heavy atom. The van der Waals surface area contributed by atoms with Crippen LogP contribution in [0.2, 0.25) is 0 Å². The van der Waals surface area contributed by atoms with Crippen molar-refractivity contribution in [2.24, 2.45) is 0 Å². The van der Waals surface area contributed by atoms with E-state index < -0.39 is 5.97 Å². The third-order valence-electron chi connectivity index (χ3n) is 2.44. The van der Waals surface area contributed by atoms with Gasteiger partial charge in [0.1, 0.15) is 0 Å². The quantitative estimate of drug-likeness (QED) is 0.845. The fourth-order valence-corrected chi connectivity index (χ4v) is 1.98. The smallest absolute Gasteiger partial charge is 0.307 e. The van der Waals surface area contributed by atoms with Crippen molar-refractivity contribution in [3.63, 3.8) is 0 Å². The number of carboxylic acids is 1. The summed E-state index contributed by atoms with van der Waals surface area (Å²) in [5.41, 5.74) is 4.24. The van der Waals surface area contributed by atoms with Crippen LogP contribution in [0.5, 0.6) is 0 Å². The van der Waals surface area contributed by atoms with Crippen molar-refractivity contribution in [3.8, 4) is 0 Å². The summed E-state index contributed by atoms with van der Waals surface area (Å²) in [6.45, 7) is 3.97. The van der Waals surface area contributed by atoms with Gasteiger partial charge in [0, 0.05) is 5.33 Å². The van der Waals surface area contributed by atoms with E-state index in [2.05, 4.69) is 15.9 Å². The highest BCUT2D eigenvalue weighted by Gasteiger charge is 2.10. The zero-order chi connectivity index (χ0) is 10.7. The topological polar surface area (TPSA) is 37.3 Å². The average Bonchev–Trinajstić information content (AvgIpc) is 2.13. The fraction of sp³-hybridized carbons (Fsp3) is 0.364. The minimum Gasteiger partial charge on any atom is -0.481 e. The van der Waals surface area contributed by atoms with Gasteiger partial charge in [-0.05, 0) is 36.1 Å². The van der Waals surface area contributed by atoms with Crippen LogP contribution in [0.3, 0.4) is 0 Å². The van der Waals surface area contributed by atoms with Crippen molar-refractivity contribution in [3.05, 3.63) is 34.4 Å². The van der Waals surface area contributed by atoms with Crippen LogP contribution in [0.15, 0.2) is 12.1 Å². The molecule has 1 N–H and O–H groups in total. The molecule has 76 valence electrons. The molecule has 0 bridgehead atoms. The molecule has 0 aromatic heterocycles. The number of rotatable bonds is 3. The maximum atomic E-state index is 10.7. The van der Waals surface area contributed by atoms with Gasteiger partial charge < -0.3 is 5.11 Å². The molecule has 0 aliphatic heterocycles. The maximum absolute atomic E-state index is 10.7. The summed E-state index contributed by atoms with van der Waals surface area (Å²) in [6, 6.07) is 4.01. The molecule has 0 aliphatic rings. The number of carboxylic acid groups (broad SMARTS) is 1. The molecule has 0 aliphatic carbocycles. The van der Waals surface area contributed by atoms with E-state index in [-0.39, 0.29) is 6.42 Å². The van der Waals surface area contributed by atoms with Crippen molar-refractivity contribution in [1.82, 2.24) is 0 Å². The molecule has 0 atom stereocenters. The summed E-state index contributed by atoms with van der Waals surface area (Å²) in [5.74, 6) is -0.777. The molecular formula is C11H13BrO2. The Morgan fingerprint density at radius 2 is 2.07 bits per heavy atom. The van der Waals surface area contributed by atoms with Gasteiger partial charge in [-0.25, -0.2) is 0 Å². The average molecular weight is 257 g/mol. The summed E-state index contributed by atoms with van der Waals surface area (Å²) in [4.78, 5) is 10.7. The number of aryl methyl sites for hydroxylation is 1. The Balaban J connectivity index is 3.20. The van der Waals surface area contributed by atoms with Crippen LogP contribution in [0, 0.1) is 13.8 Å². The van der Waals surface area contributed by atoms with Gasteiger partial charge in [0.15, 0.2) is 0 Å². The first-order chi connectivity index (χ1) is 6.56. The van der Waals surface area contributed by atoms with E-state index in [0.29, 0.717) is 5.33 Å². The van der Waals surface area contributed by atoms with Crippen LogP contribution in [-0.2, 0) is 16.5 Å². The molecule has 1 rings (SSSR count). The molecule has 0 radical (unpaired) electrons. The minimum absolute atomic E-state index is 0.106. The molecule has 0 fully saturated rings. The second-order valence-corrected chi connectivity index (χ2v) is 3.91. The van der Waals surface area contributed by atoms with E-state index in [1.165, 1.54) is 0 Å². The van der Waals surface area contributed by atoms with Crippen LogP contribution in [-0.4, -0.2) is 11.1 Å². The van der Waals surface area contributed by atoms with Gasteiger partial charge in [0.2, 0.25) is 0 Å². The first-order valence-corrected chi connectivity index (χ1v) is 5.54. The SMILES string of the molecule is Cc1ccc(CBr)c(CC(=O)O)c1C. The van der Waals surface area contributed by atoms with Crippen LogP contribution in [0.4, 0.5) is 0 Å². The molecule has 2 nitrogen and oxygen atoms in total. The lowest BCUT2D eigenvalue weighted by Crippen LogP contribution is -2.06. The third-order valence-corrected chi connectivity index (χ3v) is 3.04. The lowest BCUT2D eigenvalue weighted by atomic mass is 9.96.